The monoisotopic (exact) mass is 369 g/mol. The fourth-order valence-corrected chi connectivity index (χ4v) is 4.22. The molecule has 0 aromatic heterocycles. The van der Waals surface area contributed by atoms with Gasteiger partial charge in [-0.05, 0) is 88.7 Å². The molecule has 0 amide bonds. The van der Waals surface area contributed by atoms with Gasteiger partial charge in [0, 0.05) is 37.1 Å². The molecule has 2 rings (SSSR count). The highest BCUT2D eigenvalue weighted by molar-refractivity contribution is 5.98. The Morgan fingerprint density at radius 1 is 1.33 bits per heavy atom. The van der Waals surface area contributed by atoms with Crippen LogP contribution in [0.1, 0.15) is 59.3 Å². The van der Waals surface area contributed by atoms with Crippen LogP contribution in [0.4, 0.5) is 0 Å². The van der Waals surface area contributed by atoms with Crippen molar-refractivity contribution in [3.05, 3.63) is 48.4 Å². The predicted molar refractivity (Wildman–Crippen MR) is 119 cm³/mol. The van der Waals surface area contributed by atoms with Gasteiger partial charge in [0.25, 0.3) is 0 Å². The number of hydrogen-bond acceptors (Lipinski definition) is 3. The van der Waals surface area contributed by atoms with Crippen LogP contribution in [0.15, 0.2) is 53.3 Å². The van der Waals surface area contributed by atoms with Gasteiger partial charge in [-0.2, -0.15) is 0 Å². The summed E-state index contributed by atoms with van der Waals surface area (Å²) in [5, 5.41) is 0. The average molecular weight is 370 g/mol. The molecule has 2 aliphatic rings. The van der Waals surface area contributed by atoms with E-state index >= 15 is 0 Å². The van der Waals surface area contributed by atoms with Crippen LogP contribution in [0.25, 0.3) is 0 Å². The molecule has 1 saturated heterocycles. The molecular weight excluding hydrogens is 330 g/mol. The highest BCUT2D eigenvalue weighted by atomic mass is 15.2. The van der Waals surface area contributed by atoms with E-state index in [2.05, 4.69) is 60.9 Å². The zero-order valence-corrected chi connectivity index (χ0v) is 17.8. The normalized spacial score (nSPS) is 20.3. The molecule has 0 radical (unpaired) electrons. The number of piperidine rings is 1. The van der Waals surface area contributed by atoms with Crippen molar-refractivity contribution in [3.8, 4) is 0 Å². The number of hydrogen-bond donors (Lipinski definition) is 0. The van der Waals surface area contributed by atoms with Gasteiger partial charge in [-0.3, -0.25) is 4.99 Å². The third-order valence-corrected chi connectivity index (χ3v) is 5.86. The van der Waals surface area contributed by atoms with Crippen molar-refractivity contribution in [1.82, 2.24) is 9.80 Å². The van der Waals surface area contributed by atoms with E-state index in [-0.39, 0.29) is 0 Å². The number of rotatable bonds is 10. The molecule has 27 heavy (non-hydrogen) atoms. The summed E-state index contributed by atoms with van der Waals surface area (Å²) >= 11 is 0. The van der Waals surface area contributed by atoms with E-state index in [9.17, 15) is 0 Å². The van der Waals surface area contributed by atoms with Crippen LogP contribution in [0.5, 0.6) is 0 Å². The summed E-state index contributed by atoms with van der Waals surface area (Å²) in [6.07, 6.45) is 13.5. The molecule has 3 heteroatoms. The third kappa shape index (κ3) is 7.14. The fraction of sp³-hybridized carbons (Fsp3) is 0.625. The summed E-state index contributed by atoms with van der Waals surface area (Å²) in [5.41, 5.74) is 5.27. The Kier molecular flexibility index (Phi) is 9.06. The van der Waals surface area contributed by atoms with Gasteiger partial charge < -0.3 is 9.80 Å². The first-order chi connectivity index (χ1) is 13.0. The van der Waals surface area contributed by atoms with Crippen LogP contribution in [-0.2, 0) is 0 Å². The molecule has 150 valence electrons. The fourth-order valence-electron chi connectivity index (χ4n) is 4.22. The first kappa shape index (κ1) is 21.7. The minimum Gasteiger partial charge on any atom is -0.375 e. The maximum atomic E-state index is 4.33. The van der Waals surface area contributed by atoms with Crippen molar-refractivity contribution < 1.29 is 0 Å². The first-order valence-corrected chi connectivity index (χ1v) is 10.7. The van der Waals surface area contributed by atoms with E-state index in [0.717, 1.165) is 31.1 Å². The lowest BCUT2D eigenvalue weighted by Gasteiger charge is -2.33. The summed E-state index contributed by atoms with van der Waals surface area (Å²) < 4.78 is 0. The average Bonchev–Trinajstić information content (AvgIpc) is 2.64. The lowest BCUT2D eigenvalue weighted by molar-refractivity contribution is 0.175. The molecule has 1 heterocycles. The van der Waals surface area contributed by atoms with Crippen LogP contribution in [-0.4, -0.2) is 48.2 Å². The van der Waals surface area contributed by atoms with Crippen molar-refractivity contribution in [1.29, 1.82) is 0 Å². The second-order valence-electron chi connectivity index (χ2n) is 8.13. The largest absolute Gasteiger partial charge is 0.375 e. The predicted octanol–water partition coefficient (Wildman–Crippen LogP) is 5.59. The van der Waals surface area contributed by atoms with Crippen molar-refractivity contribution >= 4 is 5.71 Å². The van der Waals surface area contributed by atoms with Crippen molar-refractivity contribution in [2.24, 2.45) is 10.9 Å². The molecule has 0 bridgehead atoms. The lowest BCUT2D eigenvalue weighted by Crippen LogP contribution is -2.36. The van der Waals surface area contributed by atoms with Gasteiger partial charge in [-0.15, -0.1) is 0 Å². The standard InChI is InChI=1S/C24H39N3/c1-6-13-27(20(3)4)15-8-14-26-16-11-22(12-17-26)19-23-9-10-24(25-7-2)18-21(23)5/h7,9,18,22H,2-3,6,8,10-17,19H2,1,4-5H3. The number of allylic oxidation sites excluding steroid dienone is 5. The molecule has 0 spiro atoms. The number of aliphatic imine (C=N–C) groups is 1. The maximum Gasteiger partial charge on any atom is 0.0443 e. The van der Waals surface area contributed by atoms with Gasteiger partial charge in [0.2, 0.25) is 0 Å². The molecule has 1 aliphatic heterocycles. The highest BCUT2D eigenvalue weighted by Crippen LogP contribution is 2.29. The van der Waals surface area contributed by atoms with Gasteiger partial charge >= 0.3 is 0 Å². The molecule has 1 aliphatic carbocycles. The molecule has 1 fully saturated rings. The van der Waals surface area contributed by atoms with Crippen LogP contribution in [0, 0.1) is 5.92 Å². The lowest BCUT2D eigenvalue weighted by atomic mass is 9.85. The van der Waals surface area contributed by atoms with Crippen molar-refractivity contribution in [2.45, 2.75) is 59.3 Å². The number of nitrogens with zero attached hydrogens (tertiary/aromatic N) is 3. The smallest absolute Gasteiger partial charge is 0.0443 e. The minimum atomic E-state index is 0.834. The second kappa shape index (κ2) is 11.3. The molecule has 0 saturated carbocycles. The maximum absolute atomic E-state index is 4.33. The summed E-state index contributed by atoms with van der Waals surface area (Å²) in [5.74, 6) is 0.834. The Bertz CT molecular complexity index is 589. The summed E-state index contributed by atoms with van der Waals surface area (Å²) in [6, 6.07) is 0. The van der Waals surface area contributed by atoms with Crippen LogP contribution in [0.2, 0.25) is 0 Å². The van der Waals surface area contributed by atoms with Crippen molar-refractivity contribution in [2.75, 3.05) is 32.7 Å². The van der Waals surface area contributed by atoms with Gasteiger partial charge in [0.15, 0.2) is 0 Å². The van der Waals surface area contributed by atoms with E-state index in [0.29, 0.717) is 0 Å². The second-order valence-corrected chi connectivity index (χ2v) is 8.13. The molecule has 0 atom stereocenters. The van der Waals surface area contributed by atoms with Gasteiger partial charge in [-0.25, -0.2) is 0 Å². The van der Waals surface area contributed by atoms with Gasteiger partial charge in [0.05, 0.1) is 0 Å². The molecule has 0 aromatic carbocycles. The third-order valence-electron chi connectivity index (χ3n) is 5.86. The van der Waals surface area contributed by atoms with Gasteiger partial charge in [-0.1, -0.05) is 26.2 Å². The Morgan fingerprint density at radius 2 is 2.07 bits per heavy atom. The highest BCUT2D eigenvalue weighted by Gasteiger charge is 2.21. The van der Waals surface area contributed by atoms with Crippen LogP contribution < -0.4 is 0 Å². The molecule has 0 N–H and O–H groups in total. The SMILES string of the molecule is C=CN=C1C=C(C)C(CC2CCN(CCCN(CCC)C(=C)C)CC2)=CC1. The molecule has 3 nitrogen and oxygen atoms in total. The summed E-state index contributed by atoms with van der Waals surface area (Å²) in [4.78, 5) is 9.42. The molecular formula is C24H39N3. The van der Waals surface area contributed by atoms with E-state index in [4.69, 9.17) is 0 Å². The van der Waals surface area contributed by atoms with E-state index in [1.165, 1.54) is 68.6 Å². The topological polar surface area (TPSA) is 18.8 Å². The zero-order chi connectivity index (χ0) is 19.6. The van der Waals surface area contributed by atoms with E-state index < -0.39 is 0 Å². The van der Waals surface area contributed by atoms with Gasteiger partial charge in [0.1, 0.15) is 0 Å². The Hall–Kier alpha value is -1.61. The summed E-state index contributed by atoms with van der Waals surface area (Å²) in [6.45, 7) is 20.4. The Balaban J connectivity index is 1.70. The quantitative estimate of drug-likeness (QED) is 0.500. The van der Waals surface area contributed by atoms with Crippen molar-refractivity contribution in [3.63, 3.8) is 0 Å². The molecule has 0 unspecified atom stereocenters. The van der Waals surface area contributed by atoms with E-state index in [1.54, 1.807) is 6.20 Å². The Labute approximate surface area is 167 Å². The Morgan fingerprint density at radius 3 is 2.67 bits per heavy atom. The molecule has 0 aromatic rings. The van der Waals surface area contributed by atoms with E-state index in [1.807, 2.05) is 0 Å². The van der Waals surface area contributed by atoms with Crippen LogP contribution >= 0.6 is 0 Å². The minimum absolute atomic E-state index is 0.834. The first-order valence-electron chi connectivity index (χ1n) is 10.7. The summed E-state index contributed by atoms with van der Waals surface area (Å²) in [7, 11) is 0. The number of likely N-dealkylation sites (tertiary alicyclic amines) is 1. The van der Waals surface area contributed by atoms with Crippen LogP contribution in [0.3, 0.4) is 0 Å². The zero-order valence-electron chi connectivity index (χ0n) is 17.8.